The van der Waals surface area contributed by atoms with E-state index in [0.29, 0.717) is 17.5 Å². The minimum Gasteiger partial charge on any atom is -0.457 e. The highest BCUT2D eigenvalue weighted by atomic mass is 32.2. The summed E-state index contributed by atoms with van der Waals surface area (Å²) < 4.78 is 61.0. The van der Waals surface area contributed by atoms with Gasteiger partial charge < -0.3 is 4.74 Å². The van der Waals surface area contributed by atoms with Crippen LogP contribution in [0.15, 0.2) is 48.5 Å². The minimum atomic E-state index is -5.66. The van der Waals surface area contributed by atoms with E-state index in [9.17, 15) is 22.0 Å². The van der Waals surface area contributed by atoms with Crippen LogP contribution in [0.5, 0.6) is 0 Å². The third-order valence-corrected chi connectivity index (χ3v) is 4.98. The fourth-order valence-corrected chi connectivity index (χ4v) is 3.10. The number of carbonyl (C=O) groups is 1. The first-order valence-electron chi connectivity index (χ1n) is 7.38. The van der Waals surface area contributed by atoms with Crippen LogP contribution in [0.4, 0.5) is 8.78 Å². The van der Waals surface area contributed by atoms with E-state index in [1.54, 1.807) is 24.3 Å². The fourth-order valence-electron chi connectivity index (χ4n) is 2.89. The zero-order valence-electron chi connectivity index (χ0n) is 12.9. The average molecular weight is 368 g/mol. The predicted molar refractivity (Wildman–Crippen MR) is 85.0 cm³/mol. The van der Waals surface area contributed by atoms with Crippen LogP contribution in [0, 0.1) is 0 Å². The molecule has 0 spiro atoms. The van der Waals surface area contributed by atoms with Gasteiger partial charge in [0.25, 0.3) is 0 Å². The Labute approximate surface area is 143 Å². The zero-order valence-corrected chi connectivity index (χ0v) is 13.7. The zero-order chi connectivity index (χ0) is 18.2. The molecule has 5 nitrogen and oxygen atoms in total. The van der Waals surface area contributed by atoms with E-state index < -0.39 is 33.9 Å². The number of alkyl halides is 2. The van der Waals surface area contributed by atoms with E-state index in [4.69, 9.17) is 4.55 Å². The van der Waals surface area contributed by atoms with Gasteiger partial charge in [0.2, 0.25) is 0 Å². The van der Waals surface area contributed by atoms with Crippen LogP contribution in [0.2, 0.25) is 0 Å². The maximum Gasteiger partial charge on any atom is 0.402 e. The highest BCUT2D eigenvalue weighted by Crippen LogP contribution is 2.37. The Morgan fingerprint density at radius 2 is 1.56 bits per heavy atom. The van der Waals surface area contributed by atoms with Crippen LogP contribution in [-0.2, 0) is 26.1 Å². The van der Waals surface area contributed by atoms with E-state index in [1.165, 1.54) is 0 Å². The Morgan fingerprint density at radius 1 is 1.08 bits per heavy atom. The molecule has 1 N–H and O–H groups in total. The van der Waals surface area contributed by atoms with Gasteiger partial charge in [0, 0.05) is 0 Å². The lowest BCUT2D eigenvalue weighted by Crippen LogP contribution is -2.36. The quantitative estimate of drug-likeness (QED) is 0.663. The van der Waals surface area contributed by atoms with Crippen molar-refractivity contribution in [1.82, 2.24) is 0 Å². The molecule has 1 aliphatic rings. The smallest absolute Gasteiger partial charge is 0.402 e. The van der Waals surface area contributed by atoms with Gasteiger partial charge in [-0.1, -0.05) is 48.5 Å². The summed E-state index contributed by atoms with van der Waals surface area (Å²) in [4.78, 5) is 12.5. The molecule has 2 aromatic rings. The van der Waals surface area contributed by atoms with Gasteiger partial charge in [-0.25, -0.2) is 0 Å². The van der Waals surface area contributed by atoms with Crippen molar-refractivity contribution in [2.75, 3.05) is 6.61 Å². The first-order chi connectivity index (χ1) is 11.7. The van der Waals surface area contributed by atoms with Crippen LogP contribution in [0.3, 0.4) is 0 Å². The highest BCUT2D eigenvalue weighted by molar-refractivity contribution is 7.86. The summed E-state index contributed by atoms with van der Waals surface area (Å²) in [5.41, 5.74) is 2.98. The number of hydrogen-bond acceptors (Lipinski definition) is 4. The monoisotopic (exact) mass is 368 g/mol. The Morgan fingerprint density at radius 3 is 2.04 bits per heavy atom. The van der Waals surface area contributed by atoms with Crippen LogP contribution in [0.1, 0.15) is 28.2 Å². The Kier molecular flexibility index (Phi) is 4.34. The molecule has 0 saturated heterocycles. The molecule has 1 aliphatic carbocycles. The van der Waals surface area contributed by atoms with Gasteiger partial charge >= 0.3 is 21.3 Å². The van der Waals surface area contributed by atoms with Gasteiger partial charge in [-0.15, -0.1) is 0 Å². The number of halogens is 2. The molecule has 0 heterocycles. The molecule has 2 aromatic carbocycles. The van der Waals surface area contributed by atoms with Gasteiger partial charge in [0.1, 0.15) is 5.92 Å². The number of ether oxygens (including phenoxy) is 1. The predicted octanol–water partition coefficient (Wildman–Crippen LogP) is 2.75. The summed E-state index contributed by atoms with van der Waals surface area (Å²) in [6.45, 7) is -1.74. The van der Waals surface area contributed by atoms with Crippen LogP contribution in [0.25, 0.3) is 0 Å². The molecule has 0 unspecified atom stereocenters. The number of fused-ring (bicyclic) bond motifs is 2. The van der Waals surface area contributed by atoms with Gasteiger partial charge in [0.05, 0.1) is 0 Å². The lowest BCUT2D eigenvalue weighted by Gasteiger charge is -2.27. The van der Waals surface area contributed by atoms with E-state index in [-0.39, 0.29) is 0 Å². The lowest BCUT2D eigenvalue weighted by atomic mass is 9.78. The van der Waals surface area contributed by atoms with Gasteiger partial charge in [0.15, 0.2) is 6.61 Å². The number of esters is 1. The average Bonchev–Trinajstić information content (AvgIpc) is 2.56. The van der Waals surface area contributed by atoms with Crippen molar-refractivity contribution in [3.63, 3.8) is 0 Å². The molecule has 0 amide bonds. The second kappa shape index (κ2) is 6.20. The first-order valence-corrected chi connectivity index (χ1v) is 8.82. The summed E-state index contributed by atoms with van der Waals surface area (Å²) in [6, 6.07) is 14.1. The Hall–Kier alpha value is -2.32. The van der Waals surface area contributed by atoms with Crippen LogP contribution >= 0.6 is 0 Å². The van der Waals surface area contributed by atoms with E-state index >= 15 is 0 Å². The van der Waals surface area contributed by atoms with Crippen molar-refractivity contribution < 1.29 is 31.3 Å². The molecule has 0 atom stereocenters. The second-order valence-electron chi connectivity index (χ2n) is 5.73. The number of benzene rings is 2. The summed E-state index contributed by atoms with van der Waals surface area (Å²) >= 11 is 0. The summed E-state index contributed by atoms with van der Waals surface area (Å²) in [5, 5.41) is -4.56. The molecule has 3 rings (SSSR count). The van der Waals surface area contributed by atoms with Crippen molar-refractivity contribution in [3.05, 3.63) is 70.8 Å². The maximum absolute atomic E-state index is 13.3. The fraction of sp³-hybridized carbons (Fsp3) is 0.235. The summed E-state index contributed by atoms with van der Waals surface area (Å²) in [5.74, 6) is -1.93. The third kappa shape index (κ3) is 3.27. The normalized spacial score (nSPS) is 14.5. The summed E-state index contributed by atoms with van der Waals surface area (Å²) in [7, 11) is -5.66. The number of rotatable bonds is 4. The molecular weight excluding hydrogens is 354 g/mol. The number of carbonyl (C=O) groups excluding carboxylic acids is 1. The van der Waals surface area contributed by atoms with Crippen LogP contribution in [-0.4, -0.2) is 30.8 Å². The van der Waals surface area contributed by atoms with Gasteiger partial charge in [-0.3, -0.25) is 9.35 Å². The van der Waals surface area contributed by atoms with Gasteiger partial charge in [-0.05, 0) is 28.7 Å². The molecule has 8 heteroatoms. The molecule has 0 fully saturated rings. The lowest BCUT2D eigenvalue weighted by molar-refractivity contribution is -0.150. The van der Waals surface area contributed by atoms with Gasteiger partial charge in [-0.2, -0.15) is 17.2 Å². The minimum absolute atomic E-state index is 0.595. The third-order valence-electron chi connectivity index (χ3n) is 4.11. The topological polar surface area (TPSA) is 80.7 Å². The van der Waals surface area contributed by atoms with Crippen LogP contribution < -0.4 is 0 Å². The van der Waals surface area contributed by atoms with E-state index in [2.05, 4.69) is 4.74 Å². The SMILES string of the molecule is O=C(OCC(F)(F)S(=O)(=O)O)C1c2ccccc2Cc2ccccc21. The molecule has 0 aromatic heterocycles. The van der Waals surface area contributed by atoms with Crippen molar-refractivity contribution in [2.45, 2.75) is 17.6 Å². The number of hydrogen-bond donors (Lipinski definition) is 1. The van der Waals surface area contributed by atoms with Crippen molar-refractivity contribution in [1.29, 1.82) is 0 Å². The molecule has 0 bridgehead atoms. The first kappa shape index (κ1) is 17.5. The summed E-state index contributed by atoms with van der Waals surface area (Å²) in [6.07, 6.45) is 0.595. The standard InChI is InChI=1S/C17H14F2O5S/c18-17(19,25(21,22)23)10-24-16(20)15-13-7-3-1-5-11(13)9-12-6-2-4-8-14(12)15/h1-8,15H,9-10H2,(H,21,22,23). The second-order valence-corrected chi connectivity index (χ2v) is 7.27. The maximum atomic E-state index is 13.3. The highest BCUT2D eigenvalue weighted by Gasteiger charge is 2.46. The molecule has 132 valence electrons. The molecule has 0 aliphatic heterocycles. The molecule has 0 radical (unpaired) electrons. The molecule has 0 saturated carbocycles. The van der Waals surface area contributed by atoms with Crippen molar-refractivity contribution >= 4 is 16.1 Å². The largest absolute Gasteiger partial charge is 0.457 e. The molecular formula is C17H14F2O5S. The molecule has 25 heavy (non-hydrogen) atoms. The van der Waals surface area contributed by atoms with E-state index in [0.717, 1.165) is 11.1 Å². The van der Waals surface area contributed by atoms with Crippen molar-refractivity contribution in [3.8, 4) is 0 Å². The van der Waals surface area contributed by atoms with Crippen molar-refractivity contribution in [2.24, 2.45) is 0 Å². The Balaban J connectivity index is 1.93. The van der Waals surface area contributed by atoms with E-state index in [1.807, 2.05) is 24.3 Å². The Bertz CT molecular complexity index is 879.